The van der Waals surface area contributed by atoms with Gasteiger partial charge in [0.25, 0.3) is 5.56 Å². The van der Waals surface area contributed by atoms with E-state index in [1.807, 2.05) is 66.3 Å². The second kappa shape index (κ2) is 5.46. The second-order valence-corrected chi connectivity index (χ2v) is 6.38. The summed E-state index contributed by atoms with van der Waals surface area (Å²) in [6.07, 6.45) is 3.66. The van der Waals surface area contributed by atoms with Crippen LogP contribution in [0.3, 0.4) is 0 Å². The van der Waals surface area contributed by atoms with Crippen molar-refractivity contribution in [3.05, 3.63) is 82.9 Å². The lowest BCUT2D eigenvalue weighted by Crippen LogP contribution is -2.11. The average molecular weight is 340 g/mol. The first kappa shape index (κ1) is 14.7. The van der Waals surface area contributed by atoms with Crippen molar-refractivity contribution < 1.29 is 0 Å². The zero-order valence-electron chi connectivity index (χ0n) is 14.2. The molecule has 126 valence electrons. The molecule has 0 spiro atoms. The Balaban J connectivity index is 1.86. The fraction of sp³-hybridized carbons (Fsp3) is 0.0476. The molecule has 0 atom stereocenters. The molecule has 0 unspecified atom stereocenters. The highest BCUT2D eigenvalue weighted by molar-refractivity contribution is 6.10. The number of aromatic nitrogens is 4. The van der Waals surface area contributed by atoms with E-state index in [1.165, 1.54) is 0 Å². The summed E-state index contributed by atoms with van der Waals surface area (Å²) in [5, 5.41) is 5.32. The number of nitrogens with zero attached hydrogens (tertiary/aromatic N) is 2. The van der Waals surface area contributed by atoms with Gasteiger partial charge in [0.1, 0.15) is 0 Å². The van der Waals surface area contributed by atoms with Crippen molar-refractivity contribution in [2.24, 2.45) is 0 Å². The van der Waals surface area contributed by atoms with Crippen LogP contribution in [0.2, 0.25) is 0 Å². The van der Waals surface area contributed by atoms with Gasteiger partial charge in [-0.2, -0.15) is 5.10 Å². The van der Waals surface area contributed by atoms with Crippen molar-refractivity contribution in [2.45, 2.75) is 6.92 Å². The van der Waals surface area contributed by atoms with Gasteiger partial charge in [-0.05, 0) is 36.8 Å². The Kier molecular flexibility index (Phi) is 3.09. The Bertz CT molecular complexity index is 1310. The zero-order valence-corrected chi connectivity index (χ0v) is 14.2. The quantitative estimate of drug-likeness (QED) is 0.506. The molecule has 0 aliphatic heterocycles. The van der Waals surface area contributed by atoms with Gasteiger partial charge in [0.15, 0.2) is 0 Å². The third kappa shape index (κ3) is 2.10. The van der Waals surface area contributed by atoms with Gasteiger partial charge in [-0.15, -0.1) is 0 Å². The van der Waals surface area contributed by atoms with E-state index in [2.05, 4.69) is 21.1 Å². The molecule has 0 aliphatic carbocycles. The van der Waals surface area contributed by atoms with Crippen molar-refractivity contribution in [3.63, 3.8) is 0 Å². The summed E-state index contributed by atoms with van der Waals surface area (Å²) < 4.78 is 1.81. The van der Waals surface area contributed by atoms with Crippen molar-refractivity contribution in [3.8, 4) is 16.8 Å². The molecule has 2 aromatic carbocycles. The number of benzene rings is 2. The summed E-state index contributed by atoms with van der Waals surface area (Å²) in [5.41, 5.74) is 6.29. The van der Waals surface area contributed by atoms with Gasteiger partial charge in [-0.1, -0.05) is 30.3 Å². The van der Waals surface area contributed by atoms with Crippen molar-refractivity contribution in [1.82, 2.24) is 19.7 Å². The Morgan fingerprint density at radius 2 is 1.85 bits per heavy atom. The molecular formula is C21H16N4O. The monoisotopic (exact) mass is 340 g/mol. The van der Waals surface area contributed by atoms with Crippen LogP contribution in [-0.2, 0) is 0 Å². The molecule has 2 N–H and O–H groups in total. The summed E-state index contributed by atoms with van der Waals surface area (Å²) in [7, 11) is 0. The highest BCUT2D eigenvalue weighted by Crippen LogP contribution is 2.33. The third-order valence-corrected chi connectivity index (χ3v) is 4.81. The summed E-state index contributed by atoms with van der Waals surface area (Å²) in [6, 6.07) is 18.0. The number of hydrogen-bond acceptors (Lipinski definition) is 2. The van der Waals surface area contributed by atoms with Crippen molar-refractivity contribution in [2.75, 3.05) is 0 Å². The Morgan fingerprint density at radius 3 is 2.69 bits per heavy atom. The first-order chi connectivity index (χ1) is 12.7. The molecule has 5 heteroatoms. The Labute approximate surface area is 148 Å². The summed E-state index contributed by atoms with van der Waals surface area (Å²) >= 11 is 0. The highest BCUT2D eigenvalue weighted by Gasteiger charge is 2.15. The lowest BCUT2D eigenvalue weighted by atomic mass is 10.00. The van der Waals surface area contributed by atoms with Gasteiger partial charge < -0.3 is 9.97 Å². The molecule has 0 fully saturated rings. The lowest BCUT2D eigenvalue weighted by molar-refractivity contribution is 0.881. The maximum atomic E-state index is 12.6. The molecular weight excluding hydrogens is 324 g/mol. The van der Waals surface area contributed by atoms with Crippen LogP contribution in [0, 0.1) is 6.92 Å². The van der Waals surface area contributed by atoms with E-state index in [1.54, 1.807) is 6.20 Å². The largest absolute Gasteiger partial charge is 0.353 e. The molecule has 3 heterocycles. The number of para-hydroxylation sites is 1. The highest BCUT2D eigenvalue weighted by atomic mass is 16.1. The number of pyridine rings is 1. The number of fused-ring (bicyclic) bond motifs is 3. The smallest absolute Gasteiger partial charge is 0.252 e. The van der Waals surface area contributed by atoms with E-state index in [9.17, 15) is 4.79 Å². The first-order valence-electron chi connectivity index (χ1n) is 8.46. The van der Waals surface area contributed by atoms with Crippen LogP contribution >= 0.6 is 0 Å². The first-order valence-corrected chi connectivity index (χ1v) is 8.46. The molecule has 0 saturated heterocycles. The van der Waals surface area contributed by atoms with Crippen LogP contribution in [0.4, 0.5) is 0 Å². The zero-order chi connectivity index (χ0) is 17.7. The van der Waals surface area contributed by atoms with Crippen LogP contribution in [0.1, 0.15) is 5.56 Å². The van der Waals surface area contributed by atoms with Gasteiger partial charge in [0.2, 0.25) is 0 Å². The topological polar surface area (TPSA) is 66.5 Å². The van der Waals surface area contributed by atoms with Crippen LogP contribution in [0.15, 0.2) is 71.8 Å². The van der Waals surface area contributed by atoms with Gasteiger partial charge in [-0.3, -0.25) is 4.79 Å². The average Bonchev–Trinajstić information content (AvgIpc) is 3.31. The minimum atomic E-state index is -0.0678. The number of aromatic amines is 2. The van der Waals surface area contributed by atoms with Gasteiger partial charge in [0.05, 0.1) is 16.7 Å². The molecule has 0 saturated carbocycles. The number of H-pyrrole nitrogens is 2. The normalized spacial score (nSPS) is 11.4. The van der Waals surface area contributed by atoms with Gasteiger partial charge in [0, 0.05) is 34.4 Å². The van der Waals surface area contributed by atoms with Crippen molar-refractivity contribution in [1.29, 1.82) is 0 Å². The molecule has 26 heavy (non-hydrogen) atoms. The molecule has 0 bridgehead atoms. The third-order valence-electron chi connectivity index (χ3n) is 4.81. The van der Waals surface area contributed by atoms with E-state index in [4.69, 9.17) is 0 Å². The number of hydrogen-bond donors (Lipinski definition) is 2. The van der Waals surface area contributed by atoms with Crippen LogP contribution in [0.25, 0.3) is 38.8 Å². The van der Waals surface area contributed by atoms with E-state index in [0.717, 1.165) is 38.8 Å². The van der Waals surface area contributed by atoms with E-state index < -0.39 is 0 Å². The van der Waals surface area contributed by atoms with Crippen LogP contribution < -0.4 is 5.56 Å². The predicted octanol–water partition coefficient (Wildman–Crippen LogP) is 4.17. The molecule has 5 nitrogen and oxygen atoms in total. The molecule has 5 aromatic rings. The maximum Gasteiger partial charge on any atom is 0.252 e. The van der Waals surface area contributed by atoms with E-state index >= 15 is 0 Å². The van der Waals surface area contributed by atoms with Gasteiger partial charge >= 0.3 is 0 Å². The molecule has 3 aromatic heterocycles. The standard InChI is InChI=1S/C21H16N4O/c1-13-18(14-6-4-7-15(12-14)25-11-5-10-22-25)20-19(24-21(13)26)16-8-2-3-9-17(16)23-20/h2-12,23H,1H3,(H,24,26). The SMILES string of the molecule is Cc1c(-c2cccc(-n3cccn3)c2)c2[nH]c3ccccc3c2[nH]c1=O. The lowest BCUT2D eigenvalue weighted by Gasteiger charge is -2.10. The van der Waals surface area contributed by atoms with Crippen molar-refractivity contribution >= 4 is 21.9 Å². The fourth-order valence-electron chi connectivity index (χ4n) is 3.55. The molecule has 0 amide bonds. The molecule has 0 aliphatic rings. The van der Waals surface area contributed by atoms with Crippen LogP contribution in [0.5, 0.6) is 0 Å². The Hall–Kier alpha value is -3.60. The minimum absolute atomic E-state index is 0.0678. The number of nitrogens with one attached hydrogen (secondary N) is 2. The van der Waals surface area contributed by atoms with Crippen LogP contribution in [-0.4, -0.2) is 19.7 Å². The number of rotatable bonds is 2. The van der Waals surface area contributed by atoms with Gasteiger partial charge in [-0.25, -0.2) is 4.68 Å². The van der Waals surface area contributed by atoms with E-state index in [0.29, 0.717) is 5.56 Å². The Morgan fingerprint density at radius 1 is 0.962 bits per heavy atom. The predicted molar refractivity (Wildman–Crippen MR) is 104 cm³/mol. The maximum absolute atomic E-state index is 12.6. The summed E-state index contributed by atoms with van der Waals surface area (Å²) in [5.74, 6) is 0. The summed E-state index contributed by atoms with van der Waals surface area (Å²) in [4.78, 5) is 19.1. The van der Waals surface area contributed by atoms with E-state index in [-0.39, 0.29) is 5.56 Å². The second-order valence-electron chi connectivity index (χ2n) is 6.38. The molecule has 5 rings (SSSR count). The minimum Gasteiger partial charge on any atom is -0.353 e. The molecule has 0 radical (unpaired) electrons. The fourth-order valence-corrected chi connectivity index (χ4v) is 3.55. The summed E-state index contributed by atoms with van der Waals surface area (Å²) in [6.45, 7) is 1.86.